The second-order valence-corrected chi connectivity index (χ2v) is 9.89. The normalized spacial score (nSPS) is 15.5. The number of anilines is 2. The van der Waals surface area contributed by atoms with Crippen LogP contribution in [0.3, 0.4) is 0 Å². The number of aryl methyl sites for hydroxylation is 1. The second-order valence-electron chi connectivity index (χ2n) is 8.56. The number of methoxy groups -OCH3 is 1. The number of thioether (sulfide) groups is 1. The smallest absolute Gasteiger partial charge is 0.254 e. The Labute approximate surface area is 220 Å². The Hall–Kier alpha value is -3.30. The molecule has 1 fully saturated rings. The number of rotatable bonds is 7. The Bertz CT molecular complexity index is 1240. The number of benzene rings is 2. The molecule has 0 radical (unpaired) electrons. The van der Waals surface area contributed by atoms with E-state index in [-0.39, 0.29) is 23.6 Å². The van der Waals surface area contributed by atoms with E-state index in [4.69, 9.17) is 16.3 Å². The number of nitrogens with one attached hydrogen (secondary N) is 1. The van der Waals surface area contributed by atoms with Crippen LogP contribution in [0, 0.1) is 6.92 Å². The first-order valence-corrected chi connectivity index (χ1v) is 12.9. The highest BCUT2D eigenvalue weighted by molar-refractivity contribution is 7.99. The van der Waals surface area contributed by atoms with Crippen molar-refractivity contribution in [1.29, 1.82) is 0 Å². The highest BCUT2D eigenvalue weighted by Gasteiger charge is 2.29. The van der Waals surface area contributed by atoms with Gasteiger partial charge in [-0.25, -0.2) is 9.97 Å². The van der Waals surface area contributed by atoms with Crippen molar-refractivity contribution in [2.45, 2.75) is 25.0 Å². The quantitative estimate of drug-likeness (QED) is 0.275. The predicted molar refractivity (Wildman–Crippen MR) is 143 cm³/mol. The number of nitrogens with zero attached hydrogens (tertiary/aromatic N) is 4. The minimum absolute atomic E-state index is 0.0300. The van der Waals surface area contributed by atoms with Crippen LogP contribution in [0.1, 0.15) is 22.8 Å². The first kappa shape index (κ1) is 25.8. The van der Waals surface area contributed by atoms with E-state index in [0.717, 1.165) is 11.3 Å². The van der Waals surface area contributed by atoms with Crippen LogP contribution in [0.2, 0.25) is 5.15 Å². The Morgan fingerprint density at radius 1 is 1.14 bits per heavy atom. The standard InChI is InChI=1S/C26H28ClN5O3S/c1-17-7-9-20(10-8-17)28-24(33)16-36-26-29-22(27)14-23(30-26)31-11-12-32(18(2)15-31)25(34)19-5-4-6-21(13-19)35-3/h4-10,13-14,18H,11-12,15-16H2,1-3H3,(H,28,33). The Kier molecular flexibility index (Phi) is 8.32. The lowest BCUT2D eigenvalue weighted by Crippen LogP contribution is -2.54. The van der Waals surface area contributed by atoms with Crippen LogP contribution in [0.15, 0.2) is 59.8 Å². The number of halogens is 1. The number of carbonyl (C=O) groups excluding carboxylic acids is 2. The van der Waals surface area contributed by atoms with Gasteiger partial charge in [0, 0.05) is 43.0 Å². The van der Waals surface area contributed by atoms with E-state index in [0.29, 0.717) is 47.1 Å². The van der Waals surface area contributed by atoms with Gasteiger partial charge in [-0.1, -0.05) is 47.1 Å². The molecule has 0 bridgehead atoms. The first-order valence-electron chi connectivity index (χ1n) is 11.6. The fourth-order valence-corrected chi connectivity index (χ4v) is 4.85. The maximum absolute atomic E-state index is 13.1. The lowest BCUT2D eigenvalue weighted by Gasteiger charge is -2.40. The molecule has 36 heavy (non-hydrogen) atoms. The van der Waals surface area contributed by atoms with Gasteiger partial charge >= 0.3 is 0 Å². The summed E-state index contributed by atoms with van der Waals surface area (Å²) >= 11 is 7.51. The molecule has 2 heterocycles. The SMILES string of the molecule is COc1cccc(C(=O)N2CCN(c3cc(Cl)nc(SCC(=O)Nc4ccc(C)cc4)n3)CC2C)c1. The molecule has 1 unspecified atom stereocenters. The lowest BCUT2D eigenvalue weighted by atomic mass is 10.1. The van der Waals surface area contributed by atoms with Crippen LogP contribution in [-0.2, 0) is 4.79 Å². The van der Waals surface area contributed by atoms with E-state index < -0.39 is 0 Å². The molecule has 3 aromatic rings. The molecule has 0 aliphatic carbocycles. The molecule has 0 spiro atoms. The highest BCUT2D eigenvalue weighted by atomic mass is 35.5. The molecule has 2 aromatic carbocycles. The zero-order valence-corrected chi connectivity index (χ0v) is 22.0. The molecule has 1 aliphatic rings. The van der Waals surface area contributed by atoms with E-state index in [9.17, 15) is 9.59 Å². The summed E-state index contributed by atoms with van der Waals surface area (Å²) in [5.41, 5.74) is 2.47. The molecule has 188 valence electrons. The fourth-order valence-electron chi connectivity index (χ4n) is 3.97. The van der Waals surface area contributed by atoms with Gasteiger partial charge in [0.2, 0.25) is 5.91 Å². The van der Waals surface area contributed by atoms with E-state index in [1.165, 1.54) is 11.8 Å². The van der Waals surface area contributed by atoms with Crippen molar-refractivity contribution in [2.75, 3.05) is 42.7 Å². The molecule has 10 heteroatoms. The van der Waals surface area contributed by atoms with Crippen molar-refractivity contribution in [3.8, 4) is 5.75 Å². The van der Waals surface area contributed by atoms with E-state index in [1.807, 2.05) is 55.1 Å². The van der Waals surface area contributed by atoms with Crippen molar-refractivity contribution in [3.63, 3.8) is 0 Å². The summed E-state index contributed by atoms with van der Waals surface area (Å²) in [7, 11) is 1.58. The summed E-state index contributed by atoms with van der Waals surface area (Å²) in [4.78, 5) is 38.3. The average Bonchev–Trinajstić information content (AvgIpc) is 2.88. The maximum atomic E-state index is 13.1. The zero-order valence-electron chi connectivity index (χ0n) is 20.4. The van der Waals surface area contributed by atoms with Gasteiger partial charge in [-0.05, 0) is 44.2 Å². The zero-order chi connectivity index (χ0) is 25.7. The summed E-state index contributed by atoms with van der Waals surface area (Å²) in [6, 6.07) is 16.5. The van der Waals surface area contributed by atoms with Gasteiger partial charge < -0.3 is 19.9 Å². The van der Waals surface area contributed by atoms with Crippen molar-refractivity contribution in [3.05, 3.63) is 70.9 Å². The molecule has 1 aliphatic heterocycles. The average molecular weight is 526 g/mol. The third-order valence-electron chi connectivity index (χ3n) is 5.86. The molecule has 0 saturated carbocycles. The second kappa shape index (κ2) is 11.6. The highest BCUT2D eigenvalue weighted by Crippen LogP contribution is 2.25. The van der Waals surface area contributed by atoms with Crippen molar-refractivity contribution >= 4 is 46.7 Å². The number of ether oxygens (including phenoxy) is 1. The van der Waals surface area contributed by atoms with E-state index >= 15 is 0 Å². The predicted octanol–water partition coefficient (Wildman–Crippen LogP) is 4.53. The lowest BCUT2D eigenvalue weighted by molar-refractivity contribution is -0.113. The minimum Gasteiger partial charge on any atom is -0.497 e. The third-order valence-corrected chi connectivity index (χ3v) is 6.90. The summed E-state index contributed by atoms with van der Waals surface area (Å²) in [5, 5.41) is 3.61. The molecule has 1 N–H and O–H groups in total. The van der Waals surface area contributed by atoms with Crippen LogP contribution >= 0.6 is 23.4 Å². The van der Waals surface area contributed by atoms with Crippen molar-refractivity contribution < 1.29 is 14.3 Å². The third kappa shape index (κ3) is 6.47. The van der Waals surface area contributed by atoms with Crippen molar-refractivity contribution in [1.82, 2.24) is 14.9 Å². The van der Waals surface area contributed by atoms with Crippen molar-refractivity contribution in [2.24, 2.45) is 0 Å². The largest absolute Gasteiger partial charge is 0.497 e. The number of amides is 2. The van der Waals surface area contributed by atoms with E-state index in [1.54, 1.807) is 25.3 Å². The number of hydrogen-bond acceptors (Lipinski definition) is 7. The summed E-state index contributed by atoms with van der Waals surface area (Å²) in [6.45, 7) is 5.75. The van der Waals surface area contributed by atoms with Crippen LogP contribution in [-0.4, -0.2) is 65.2 Å². The summed E-state index contributed by atoms with van der Waals surface area (Å²) in [6.07, 6.45) is 0. The van der Waals surface area contributed by atoms with Gasteiger partial charge in [-0.15, -0.1) is 0 Å². The molecule has 8 nitrogen and oxygen atoms in total. The van der Waals surface area contributed by atoms with Gasteiger partial charge in [-0.3, -0.25) is 9.59 Å². The molecule has 1 atom stereocenters. The van der Waals surface area contributed by atoms with Gasteiger partial charge in [-0.2, -0.15) is 0 Å². The summed E-state index contributed by atoms with van der Waals surface area (Å²) < 4.78 is 5.25. The molecular formula is C26H28ClN5O3S. The molecular weight excluding hydrogens is 498 g/mol. The minimum atomic E-state index is -0.146. The number of aromatic nitrogens is 2. The fraction of sp³-hybridized carbons (Fsp3) is 0.308. The van der Waals surface area contributed by atoms with Crippen LogP contribution in [0.25, 0.3) is 0 Å². The molecule has 2 amide bonds. The van der Waals surface area contributed by atoms with E-state index in [2.05, 4.69) is 20.2 Å². The number of piperazine rings is 1. The first-order chi connectivity index (χ1) is 17.3. The van der Waals surface area contributed by atoms with Gasteiger partial charge in [0.25, 0.3) is 5.91 Å². The summed E-state index contributed by atoms with van der Waals surface area (Å²) in [5.74, 6) is 1.31. The number of hydrogen-bond donors (Lipinski definition) is 1. The monoisotopic (exact) mass is 525 g/mol. The number of carbonyl (C=O) groups is 2. The Balaban J connectivity index is 1.37. The molecule has 1 aromatic heterocycles. The van der Waals surface area contributed by atoms with Gasteiger partial charge in [0.1, 0.15) is 16.7 Å². The Morgan fingerprint density at radius 3 is 2.64 bits per heavy atom. The van der Waals surface area contributed by atoms with Gasteiger partial charge in [0.15, 0.2) is 5.16 Å². The maximum Gasteiger partial charge on any atom is 0.254 e. The van der Waals surface area contributed by atoms with Crippen LogP contribution in [0.4, 0.5) is 11.5 Å². The molecule has 1 saturated heterocycles. The topological polar surface area (TPSA) is 87.7 Å². The van der Waals surface area contributed by atoms with Gasteiger partial charge in [0.05, 0.1) is 12.9 Å². The van der Waals surface area contributed by atoms with Crippen LogP contribution in [0.5, 0.6) is 5.75 Å². The molecule has 4 rings (SSSR count). The van der Waals surface area contributed by atoms with Crippen LogP contribution < -0.4 is 15.0 Å². The Morgan fingerprint density at radius 2 is 1.92 bits per heavy atom.